The highest BCUT2D eigenvalue weighted by Gasteiger charge is 2.29. The van der Waals surface area contributed by atoms with Crippen LogP contribution in [0.5, 0.6) is 0 Å². The summed E-state index contributed by atoms with van der Waals surface area (Å²) < 4.78 is 5.50. The fourth-order valence-corrected chi connectivity index (χ4v) is 3.96. The van der Waals surface area contributed by atoms with Crippen LogP contribution >= 0.6 is 0 Å². The van der Waals surface area contributed by atoms with Crippen molar-refractivity contribution in [3.05, 3.63) is 35.9 Å². The number of carbonyl (C=O) groups is 1. The first-order valence-electron chi connectivity index (χ1n) is 11.8. The maximum atomic E-state index is 12.4. The van der Waals surface area contributed by atoms with Gasteiger partial charge in [-0.1, -0.05) is 62.9 Å². The second kappa shape index (κ2) is 14.9. The average molecular weight is 414 g/mol. The molecule has 1 aromatic rings. The van der Waals surface area contributed by atoms with Crippen molar-refractivity contribution in [1.29, 1.82) is 0 Å². The number of carbonyl (C=O) groups excluding carboxylic acids is 1. The molecule has 4 nitrogen and oxygen atoms in total. The maximum absolute atomic E-state index is 12.4. The highest BCUT2D eigenvalue weighted by Crippen LogP contribution is 2.23. The lowest BCUT2D eigenvalue weighted by Gasteiger charge is -2.24. The minimum atomic E-state index is -0.363. The van der Waals surface area contributed by atoms with Gasteiger partial charge in [-0.25, -0.2) is 4.79 Å². The van der Waals surface area contributed by atoms with E-state index in [4.69, 9.17) is 4.74 Å². The zero-order valence-corrected chi connectivity index (χ0v) is 18.7. The fourth-order valence-electron chi connectivity index (χ4n) is 3.96. The number of ether oxygens (including phenoxy) is 1. The van der Waals surface area contributed by atoms with E-state index >= 15 is 0 Å². The number of rotatable bonds is 12. The molecule has 0 saturated carbocycles. The smallest absolute Gasteiger partial charge is 0.410 e. The van der Waals surface area contributed by atoms with Crippen LogP contribution in [0.4, 0.5) is 4.79 Å². The number of aliphatic hydroxyl groups is 1. The Balaban J connectivity index is 1.58. The quantitative estimate of drug-likeness (QED) is 0.334. The minimum absolute atomic E-state index is 0.216. The van der Waals surface area contributed by atoms with Crippen molar-refractivity contribution in [3.8, 4) is 11.8 Å². The number of unbranched alkanes of at least 4 members (excludes halogenated alkanes) is 5. The van der Waals surface area contributed by atoms with Crippen LogP contribution in [-0.2, 0) is 11.3 Å². The van der Waals surface area contributed by atoms with Gasteiger partial charge >= 0.3 is 6.09 Å². The van der Waals surface area contributed by atoms with Gasteiger partial charge in [0.05, 0.1) is 6.10 Å². The lowest BCUT2D eigenvalue weighted by Crippen LogP contribution is -2.36. The Bertz CT molecular complexity index is 649. The van der Waals surface area contributed by atoms with Gasteiger partial charge in [0.1, 0.15) is 6.61 Å². The summed E-state index contributed by atoms with van der Waals surface area (Å²) >= 11 is 0. The molecule has 166 valence electrons. The largest absolute Gasteiger partial charge is 0.445 e. The van der Waals surface area contributed by atoms with Gasteiger partial charge in [-0.05, 0) is 44.1 Å². The fraction of sp³-hybridized carbons (Fsp3) is 0.654. The van der Waals surface area contributed by atoms with E-state index in [2.05, 4.69) is 18.8 Å². The molecule has 1 N–H and O–H groups in total. The Hall–Kier alpha value is -1.99. The molecule has 0 unspecified atom stereocenters. The maximum Gasteiger partial charge on any atom is 0.410 e. The predicted octanol–water partition coefficient (Wildman–Crippen LogP) is 6.07. The van der Waals surface area contributed by atoms with Crippen LogP contribution in [0.2, 0.25) is 0 Å². The molecule has 1 aliphatic rings. The van der Waals surface area contributed by atoms with E-state index in [1.54, 1.807) is 0 Å². The molecule has 2 rings (SSSR count). The molecular formula is C26H39NO3. The first kappa shape index (κ1) is 24.3. The topological polar surface area (TPSA) is 49.8 Å². The third-order valence-electron chi connectivity index (χ3n) is 5.76. The van der Waals surface area contributed by atoms with Crippen molar-refractivity contribution in [3.63, 3.8) is 0 Å². The molecule has 1 saturated heterocycles. The summed E-state index contributed by atoms with van der Waals surface area (Å²) in [6, 6.07) is 10.0. The molecular weight excluding hydrogens is 374 g/mol. The summed E-state index contributed by atoms with van der Waals surface area (Å²) in [5.41, 5.74) is 1.01. The zero-order valence-electron chi connectivity index (χ0n) is 18.7. The van der Waals surface area contributed by atoms with E-state index in [1.165, 1.54) is 32.1 Å². The standard InChI is InChI=1S/C26H39NO3/c1-2-3-4-5-6-7-8-12-19-25(28)20-13-17-24-18-14-21-27(24)26(29)30-22-23-15-10-9-11-16-23/h9-11,15-16,24-25,28H,2-7,13-14,17-22H2,1H3/t24-,25+/m1/s1. The summed E-state index contributed by atoms with van der Waals surface area (Å²) in [5, 5.41) is 10.2. The van der Waals surface area contributed by atoms with Gasteiger partial charge in [-0.3, -0.25) is 0 Å². The van der Waals surface area contributed by atoms with E-state index in [0.717, 1.165) is 50.6 Å². The van der Waals surface area contributed by atoms with E-state index in [9.17, 15) is 9.90 Å². The third-order valence-corrected chi connectivity index (χ3v) is 5.76. The number of amides is 1. The number of likely N-dealkylation sites (tertiary alicyclic amines) is 1. The van der Waals surface area contributed by atoms with Gasteiger partial charge in [-0.15, -0.1) is 11.8 Å². The first-order chi connectivity index (χ1) is 14.7. The molecule has 0 bridgehead atoms. The van der Waals surface area contributed by atoms with Gasteiger partial charge in [0.15, 0.2) is 0 Å². The van der Waals surface area contributed by atoms with Gasteiger partial charge in [0, 0.05) is 25.4 Å². The van der Waals surface area contributed by atoms with Crippen LogP contribution in [0.3, 0.4) is 0 Å². The summed E-state index contributed by atoms with van der Waals surface area (Å²) in [5.74, 6) is 6.32. The molecule has 1 aromatic carbocycles. The molecule has 1 amide bonds. The van der Waals surface area contributed by atoms with Crippen molar-refractivity contribution >= 4 is 6.09 Å². The van der Waals surface area contributed by atoms with Crippen LogP contribution < -0.4 is 0 Å². The van der Waals surface area contributed by atoms with Crippen molar-refractivity contribution < 1.29 is 14.6 Å². The molecule has 30 heavy (non-hydrogen) atoms. The van der Waals surface area contributed by atoms with Crippen LogP contribution in [0, 0.1) is 11.8 Å². The van der Waals surface area contributed by atoms with Crippen molar-refractivity contribution in [2.75, 3.05) is 6.54 Å². The average Bonchev–Trinajstić information content (AvgIpc) is 3.23. The molecule has 4 heteroatoms. The van der Waals surface area contributed by atoms with E-state index < -0.39 is 0 Å². The van der Waals surface area contributed by atoms with E-state index in [0.29, 0.717) is 13.0 Å². The van der Waals surface area contributed by atoms with Crippen molar-refractivity contribution in [2.45, 2.75) is 103 Å². The van der Waals surface area contributed by atoms with Crippen LogP contribution in [0.1, 0.15) is 89.5 Å². The molecule has 0 aliphatic carbocycles. The lowest BCUT2D eigenvalue weighted by atomic mass is 10.0. The van der Waals surface area contributed by atoms with Crippen LogP contribution in [0.15, 0.2) is 30.3 Å². The highest BCUT2D eigenvalue weighted by molar-refractivity contribution is 5.68. The molecule has 1 heterocycles. The van der Waals surface area contributed by atoms with Crippen LogP contribution in [-0.4, -0.2) is 34.8 Å². The second-order valence-corrected chi connectivity index (χ2v) is 8.34. The normalized spacial score (nSPS) is 16.7. The van der Waals surface area contributed by atoms with Gasteiger partial charge in [0.25, 0.3) is 0 Å². The summed E-state index contributed by atoms with van der Waals surface area (Å²) in [6.07, 6.45) is 11.9. The molecule has 0 aromatic heterocycles. The summed E-state index contributed by atoms with van der Waals surface area (Å²) in [7, 11) is 0. The molecule has 0 radical (unpaired) electrons. The van der Waals surface area contributed by atoms with Crippen molar-refractivity contribution in [2.24, 2.45) is 0 Å². The highest BCUT2D eigenvalue weighted by atomic mass is 16.6. The molecule has 1 aliphatic heterocycles. The lowest BCUT2D eigenvalue weighted by molar-refractivity contribution is 0.0893. The van der Waals surface area contributed by atoms with Crippen LogP contribution in [0.25, 0.3) is 0 Å². The summed E-state index contributed by atoms with van der Waals surface area (Å²) in [6.45, 7) is 3.31. The number of hydrogen-bond acceptors (Lipinski definition) is 3. The Kier molecular flexibility index (Phi) is 12.1. The summed E-state index contributed by atoms with van der Waals surface area (Å²) in [4.78, 5) is 14.3. The Labute approximate surface area is 183 Å². The monoisotopic (exact) mass is 413 g/mol. The molecule has 0 spiro atoms. The first-order valence-corrected chi connectivity index (χ1v) is 11.8. The molecule has 2 atom stereocenters. The Morgan fingerprint density at radius 1 is 1.17 bits per heavy atom. The number of benzene rings is 1. The van der Waals surface area contributed by atoms with E-state index in [-0.39, 0.29) is 18.2 Å². The second-order valence-electron chi connectivity index (χ2n) is 8.34. The van der Waals surface area contributed by atoms with Gasteiger partial charge < -0.3 is 14.7 Å². The third kappa shape index (κ3) is 9.67. The van der Waals surface area contributed by atoms with Gasteiger partial charge in [-0.2, -0.15) is 0 Å². The van der Waals surface area contributed by atoms with Crippen molar-refractivity contribution in [1.82, 2.24) is 4.90 Å². The number of aliphatic hydroxyl groups excluding tert-OH is 1. The van der Waals surface area contributed by atoms with Gasteiger partial charge in [0.2, 0.25) is 0 Å². The van der Waals surface area contributed by atoms with E-state index in [1.807, 2.05) is 35.2 Å². The predicted molar refractivity (Wildman–Crippen MR) is 122 cm³/mol. The Morgan fingerprint density at radius 2 is 1.97 bits per heavy atom. The number of nitrogens with zero attached hydrogens (tertiary/aromatic N) is 1. The Morgan fingerprint density at radius 3 is 2.77 bits per heavy atom. The SMILES string of the molecule is CCCCCCCC#CC[C@H](O)CCC[C@@H]1CCCN1C(=O)OCc1ccccc1. The zero-order chi connectivity index (χ0) is 21.4. The molecule has 1 fully saturated rings. The number of hydrogen-bond donors (Lipinski definition) is 1. The minimum Gasteiger partial charge on any atom is -0.445 e.